The number of hydrogen-bond acceptors (Lipinski definition) is 4. The molecule has 0 saturated carbocycles. The first-order valence-corrected chi connectivity index (χ1v) is 11.5. The average Bonchev–Trinajstić information content (AvgIpc) is 2.74. The lowest BCUT2D eigenvalue weighted by Crippen LogP contribution is -2.21. The van der Waals surface area contributed by atoms with Crippen LogP contribution in [0, 0.1) is 11.2 Å². The lowest BCUT2D eigenvalue weighted by molar-refractivity contribution is 0.196. The summed E-state index contributed by atoms with van der Waals surface area (Å²) < 4.78 is 21.4. The fourth-order valence-electron chi connectivity index (χ4n) is 3.08. The van der Waals surface area contributed by atoms with Crippen molar-refractivity contribution in [2.75, 3.05) is 12.4 Å². The van der Waals surface area contributed by atoms with Crippen LogP contribution in [0.3, 0.4) is 0 Å². The summed E-state index contributed by atoms with van der Waals surface area (Å²) >= 11 is 1.35. The number of aryl methyl sites for hydroxylation is 2. The third-order valence-corrected chi connectivity index (χ3v) is 5.70. The molecule has 2 aromatic carbocycles. The van der Waals surface area contributed by atoms with Crippen LogP contribution in [-0.2, 0) is 12.8 Å². The number of aromatic nitrogens is 2. The van der Waals surface area contributed by atoms with E-state index in [1.54, 1.807) is 29.1 Å². The summed E-state index contributed by atoms with van der Waals surface area (Å²) in [5.74, 6) is 1.21. The minimum Gasteiger partial charge on any atom is -0.493 e. The first-order chi connectivity index (χ1) is 14.8. The molecule has 164 valence electrons. The van der Waals surface area contributed by atoms with Gasteiger partial charge in [-0.25, -0.2) is 9.37 Å². The van der Waals surface area contributed by atoms with E-state index in [1.807, 2.05) is 24.3 Å². The Labute approximate surface area is 187 Å². The zero-order valence-corrected chi connectivity index (χ0v) is 19.3. The highest BCUT2D eigenvalue weighted by molar-refractivity contribution is 7.99. The molecule has 0 saturated heterocycles. The van der Waals surface area contributed by atoms with Gasteiger partial charge in [0.1, 0.15) is 11.6 Å². The Bertz CT molecular complexity index is 1090. The molecule has 31 heavy (non-hydrogen) atoms. The number of thioether (sulfide) groups is 1. The second-order valence-corrected chi connectivity index (χ2v) is 9.68. The summed E-state index contributed by atoms with van der Waals surface area (Å²) in [5.41, 5.74) is 2.37. The van der Waals surface area contributed by atoms with Crippen molar-refractivity contribution < 1.29 is 9.13 Å². The van der Waals surface area contributed by atoms with Crippen molar-refractivity contribution in [2.45, 2.75) is 45.6 Å². The number of halogens is 1. The molecule has 0 unspecified atom stereocenters. The standard InChI is InChI=1S/C25H29FN2O2S/c1-5-18-16-20(10-11-22(18)30-17-25(2,3)4)28-14-13-27-23(24(28)29)31-15-12-19-8-6-7-9-21(19)26/h6-11,13-14,16H,5,12,15,17H2,1-4H3. The predicted molar refractivity (Wildman–Crippen MR) is 125 cm³/mol. The second kappa shape index (κ2) is 10.1. The van der Waals surface area contributed by atoms with Crippen molar-refractivity contribution in [3.8, 4) is 11.4 Å². The molecule has 0 radical (unpaired) electrons. The van der Waals surface area contributed by atoms with Crippen LogP contribution in [0.5, 0.6) is 5.75 Å². The van der Waals surface area contributed by atoms with Gasteiger partial charge < -0.3 is 4.74 Å². The highest BCUT2D eigenvalue weighted by Gasteiger charge is 2.14. The maximum Gasteiger partial charge on any atom is 0.287 e. The minimum absolute atomic E-state index is 0.0700. The third kappa shape index (κ3) is 6.20. The quantitative estimate of drug-likeness (QED) is 0.422. The fraction of sp³-hybridized carbons (Fsp3) is 0.360. The van der Waals surface area contributed by atoms with E-state index in [1.165, 1.54) is 17.8 Å². The molecule has 6 heteroatoms. The van der Waals surface area contributed by atoms with E-state index in [0.29, 0.717) is 29.4 Å². The van der Waals surface area contributed by atoms with Gasteiger partial charge in [0.2, 0.25) is 0 Å². The molecule has 1 aromatic heterocycles. The maximum atomic E-state index is 13.8. The molecule has 3 aromatic rings. The molecule has 0 fully saturated rings. The van der Waals surface area contributed by atoms with Crippen molar-refractivity contribution in [1.29, 1.82) is 0 Å². The van der Waals surface area contributed by atoms with Gasteiger partial charge in [0.15, 0.2) is 5.03 Å². The molecule has 0 aliphatic rings. The maximum absolute atomic E-state index is 13.8. The number of hydrogen-bond donors (Lipinski definition) is 0. The summed E-state index contributed by atoms with van der Waals surface area (Å²) in [6, 6.07) is 12.5. The summed E-state index contributed by atoms with van der Waals surface area (Å²) in [6.07, 6.45) is 4.64. The van der Waals surface area contributed by atoms with Crippen molar-refractivity contribution in [1.82, 2.24) is 9.55 Å². The zero-order valence-electron chi connectivity index (χ0n) is 18.5. The van der Waals surface area contributed by atoms with Crippen LogP contribution in [0.4, 0.5) is 4.39 Å². The van der Waals surface area contributed by atoms with E-state index in [4.69, 9.17) is 4.74 Å². The Balaban J connectivity index is 1.77. The van der Waals surface area contributed by atoms with Crippen LogP contribution in [-0.4, -0.2) is 21.9 Å². The largest absolute Gasteiger partial charge is 0.493 e. The van der Waals surface area contributed by atoms with Gasteiger partial charge in [-0.2, -0.15) is 0 Å². The lowest BCUT2D eigenvalue weighted by atomic mass is 9.98. The monoisotopic (exact) mass is 440 g/mol. The first kappa shape index (κ1) is 23.1. The van der Waals surface area contributed by atoms with Crippen LogP contribution in [0.25, 0.3) is 5.69 Å². The summed E-state index contributed by atoms with van der Waals surface area (Å²) in [4.78, 5) is 17.2. The Kier molecular flexibility index (Phi) is 7.55. The van der Waals surface area contributed by atoms with Crippen LogP contribution in [0.1, 0.15) is 38.8 Å². The Morgan fingerprint density at radius 2 is 1.90 bits per heavy atom. The van der Waals surface area contributed by atoms with Gasteiger partial charge in [0.05, 0.1) is 6.61 Å². The van der Waals surface area contributed by atoms with E-state index in [-0.39, 0.29) is 16.8 Å². The van der Waals surface area contributed by atoms with Gasteiger partial charge >= 0.3 is 0 Å². The SMILES string of the molecule is CCc1cc(-n2ccnc(SCCc3ccccc3F)c2=O)ccc1OCC(C)(C)C. The molecule has 0 amide bonds. The van der Waals surface area contributed by atoms with Crippen LogP contribution < -0.4 is 10.3 Å². The van der Waals surface area contributed by atoms with Gasteiger partial charge in [0.25, 0.3) is 5.56 Å². The molecule has 4 nitrogen and oxygen atoms in total. The Morgan fingerprint density at radius 3 is 2.61 bits per heavy atom. The number of benzene rings is 2. The van der Waals surface area contributed by atoms with Crippen molar-refractivity contribution in [3.05, 3.63) is 82.2 Å². The van der Waals surface area contributed by atoms with Crippen molar-refractivity contribution in [3.63, 3.8) is 0 Å². The summed E-state index contributed by atoms with van der Waals surface area (Å²) in [7, 11) is 0. The van der Waals surface area contributed by atoms with Crippen LogP contribution in [0.2, 0.25) is 0 Å². The molecule has 3 rings (SSSR count). The summed E-state index contributed by atoms with van der Waals surface area (Å²) in [5, 5.41) is 0.407. The fourth-order valence-corrected chi connectivity index (χ4v) is 3.95. The molecule has 0 spiro atoms. The van der Waals surface area contributed by atoms with E-state index in [9.17, 15) is 9.18 Å². The van der Waals surface area contributed by atoms with Gasteiger partial charge in [-0.15, -0.1) is 11.8 Å². The van der Waals surface area contributed by atoms with Gasteiger partial charge in [-0.3, -0.25) is 9.36 Å². The third-order valence-electron chi connectivity index (χ3n) is 4.74. The summed E-state index contributed by atoms with van der Waals surface area (Å²) in [6.45, 7) is 9.10. The Hall–Kier alpha value is -2.60. The van der Waals surface area contributed by atoms with E-state index < -0.39 is 0 Å². The topological polar surface area (TPSA) is 44.1 Å². The smallest absolute Gasteiger partial charge is 0.287 e. The number of ether oxygens (including phenoxy) is 1. The van der Waals surface area contributed by atoms with E-state index in [2.05, 4.69) is 32.7 Å². The Morgan fingerprint density at radius 1 is 1.13 bits per heavy atom. The van der Waals surface area contributed by atoms with Gasteiger partial charge in [0, 0.05) is 23.8 Å². The average molecular weight is 441 g/mol. The second-order valence-electron chi connectivity index (χ2n) is 8.59. The normalized spacial score (nSPS) is 11.5. The molecule has 0 N–H and O–H groups in total. The molecular weight excluding hydrogens is 411 g/mol. The van der Waals surface area contributed by atoms with Crippen LogP contribution in [0.15, 0.2) is 64.7 Å². The molecule has 0 bridgehead atoms. The highest BCUT2D eigenvalue weighted by Crippen LogP contribution is 2.25. The molecular formula is C25H29FN2O2S. The predicted octanol–water partition coefficient (Wildman–Crippen LogP) is 5.69. The van der Waals surface area contributed by atoms with E-state index in [0.717, 1.165) is 23.4 Å². The minimum atomic E-state index is -0.220. The number of rotatable bonds is 8. The molecule has 0 aliphatic heterocycles. The molecule has 0 atom stereocenters. The van der Waals surface area contributed by atoms with Crippen molar-refractivity contribution in [2.24, 2.45) is 5.41 Å². The van der Waals surface area contributed by atoms with Crippen LogP contribution >= 0.6 is 11.8 Å². The van der Waals surface area contributed by atoms with Crippen molar-refractivity contribution >= 4 is 11.8 Å². The number of nitrogens with zero attached hydrogens (tertiary/aromatic N) is 2. The van der Waals surface area contributed by atoms with Gasteiger partial charge in [-0.05, 0) is 53.6 Å². The zero-order chi connectivity index (χ0) is 22.4. The highest BCUT2D eigenvalue weighted by atomic mass is 32.2. The first-order valence-electron chi connectivity index (χ1n) is 10.5. The molecule has 0 aliphatic carbocycles. The molecule has 1 heterocycles. The lowest BCUT2D eigenvalue weighted by Gasteiger charge is -2.20. The van der Waals surface area contributed by atoms with E-state index >= 15 is 0 Å². The van der Waals surface area contributed by atoms with Gasteiger partial charge in [-0.1, -0.05) is 45.9 Å².